The van der Waals surface area contributed by atoms with Crippen LogP contribution in [0, 0.1) is 0 Å². The van der Waals surface area contributed by atoms with E-state index in [1.165, 1.54) is 0 Å². The summed E-state index contributed by atoms with van der Waals surface area (Å²) in [4.78, 5) is 23.4. The van der Waals surface area contributed by atoms with Gasteiger partial charge in [0.05, 0.1) is 0 Å². The molecule has 0 aliphatic rings. The number of rotatable bonds is 6. The number of hydrogen-bond acceptors (Lipinski definition) is 3. The Morgan fingerprint density at radius 2 is 1.61 bits per heavy atom. The summed E-state index contributed by atoms with van der Waals surface area (Å²) < 4.78 is 0. The second kappa shape index (κ2) is 7.98. The Morgan fingerprint density at radius 1 is 0.957 bits per heavy atom. The lowest BCUT2D eigenvalue weighted by Gasteiger charge is -2.08. The summed E-state index contributed by atoms with van der Waals surface area (Å²) in [6.07, 6.45) is 1.41. The predicted molar refractivity (Wildman–Crippen MR) is 93.2 cm³/mol. The number of carbonyl (C=O) groups excluding carboxylic acids is 2. The van der Waals surface area contributed by atoms with E-state index in [0.717, 1.165) is 5.56 Å². The minimum atomic E-state index is -0.0774. The molecule has 120 valence electrons. The fourth-order valence-corrected chi connectivity index (χ4v) is 2.15. The van der Waals surface area contributed by atoms with Crippen LogP contribution >= 0.6 is 0 Å². The molecule has 0 aliphatic carbocycles. The lowest BCUT2D eigenvalue weighted by Crippen LogP contribution is -2.13. The van der Waals surface area contributed by atoms with E-state index in [-0.39, 0.29) is 11.8 Å². The van der Waals surface area contributed by atoms with Crippen molar-refractivity contribution >= 4 is 28.9 Å². The molecule has 0 unspecified atom stereocenters. The van der Waals surface area contributed by atoms with Gasteiger partial charge in [0.25, 0.3) is 0 Å². The van der Waals surface area contributed by atoms with Crippen LogP contribution in [0.1, 0.15) is 25.3 Å². The van der Waals surface area contributed by atoms with Gasteiger partial charge in [-0.2, -0.15) is 0 Å². The molecule has 4 N–H and O–H groups in total. The molecule has 2 aromatic rings. The molecule has 0 atom stereocenters. The molecule has 5 nitrogen and oxygen atoms in total. The molecule has 0 bridgehead atoms. The van der Waals surface area contributed by atoms with Crippen LogP contribution in [-0.2, 0) is 16.0 Å². The van der Waals surface area contributed by atoms with Gasteiger partial charge >= 0.3 is 0 Å². The van der Waals surface area contributed by atoms with E-state index < -0.39 is 0 Å². The largest absolute Gasteiger partial charge is 0.399 e. The highest BCUT2D eigenvalue weighted by Crippen LogP contribution is 2.16. The zero-order valence-electron chi connectivity index (χ0n) is 13.1. The number of nitrogen functional groups attached to an aromatic ring is 1. The highest BCUT2D eigenvalue weighted by Gasteiger charge is 2.05. The first-order chi connectivity index (χ1) is 11.1. The number of aryl methyl sites for hydroxylation is 1. The van der Waals surface area contributed by atoms with Crippen LogP contribution in [0.15, 0.2) is 48.5 Å². The summed E-state index contributed by atoms with van der Waals surface area (Å²) in [5.41, 5.74) is 8.78. The van der Waals surface area contributed by atoms with Gasteiger partial charge in [0.15, 0.2) is 0 Å². The van der Waals surface area contributed by atoms with E-state index >= 15 is 0 Å². The van der Waals surface area contributed by atoms with Crippen molar-refractivity contribution in [2.24, 2.45) is 0 Å². The van der Waals surface area contributed by atoms with Crippen molar-refractivity contribution in [2.45, 2.75) is 26.2 Å². The molecule has 0 saturated carbocycles. The molecule has 5 heteroatoms. The Morgan fingerprint density at radius 3 is 2.26 bits per heavy atom. The van der Waals surface area contributed by atoms with Gasteiger partial charge in [-0.25, -0.2) is 0 Å². The number of carbonyl (C=O) groups is 2. The van der Waals surface area contributed by atoms with Crippen molar-refractivity contribution in [3.63, 3.8) is 0 Å². The number of nitrogens with one attached hydrogen (secondary N) is 2. The number of hydrogen-bond donors (Lipinski definition) is 3. The summed E-state index contributed by atoms with van der Waals surface area (Å²) in [5.74, 6) is -0.137. The van der Waals surface area contributed by atoms with Crippen LogP contribution in [0.2, 0.25) is 0 Å². The summed E-state index contributed by atoms with van der Waals surface area (Å²) in [6.45, 7) is 1.79. The Hall–Kier alpha value is -2.82. The fraction of sp³-hybridized carbons (Fsp3) is 0.222. The third-order valence-electron chi connectivity index (χ3n) is 3.34. The van der Waals surface area contributed by atoms with Gasteiger partial charge in [-0.1, -0.05) is 25.1 Å². The number of nitrogens with two attached hydrogens (primary N) is 1. The van der Waals surface area contributed by atoms with Crippen LogP contribution in [0.4, 0.5) is 17.1 Å². The Labute approximate surface area is 135 Å². The highest BCUT2D eigenvalue weighted by atomic mass is 16.2. The molecule has 0 fully saturated rings. The first kappa shape index (κ1) is 16.5. The van der Waals surface area contributed by atoms with Gasteiger partial charge in [-0.05, 0) is 42.3 Å². The second-order valence-electron chi connectivity index (χ2n) is 5.28. The summed E-state index contributed by atoms with van der Waals surface area (Å²) in [5, 5.41) is 5.60. The quantitative estimate of drug-likeness (QED) is 0.716. The standard InChI is InChI=1S/C18H21N3O2/c1-2-17(22)20-15-7-4-8-16(12-15)21-18(23)10-9-13-5-3-6-14(19)11-13/h3-8,11-12H,2,9-10,19H2,1H3,(H,20,22)(H,21,23). The van der Waals surface area contributed by atoms with Gasteiger partial charge in [-0.3, -0.25) is 9.59 Å². The molecule has 2 aromatic carbocycles. The summed E-state index contributed by atoms with van der Waals surface area (Å²) in [7, 11) is 0. The van der Waals surface area contributed by atoms with E-state index in [0.29, 0.717) is 36.3 Å². The molecule has 0 radical (unpaired) electrons. The molecule has 0 aromatic heterocycles. The van der Waals surface area contributed by atoms with E-state index in [9.17, 15) is 9.59 Å². The zero-order valence-corrected chi connectivity index (χ0v) is 13.1. The average Bonchev–Trinajstić information content (AvgIpc) is 2.53. The first-order valence-electron chi connectivity index (χ1n) is 7.61. The van der Waals surface area contributed by atoms with Crippen LogP contribution in [0.5, 0.6) is 0 Å². The van der Waals surface area contributed by atoms with E-state index in [2.05, 4.69) is 10.6 Å². The highest BCUT2D eigenvalue weighted by molar-refractivity contribution is 5.94. The average molecular weight is 311 g/mol. The third kappa shape index (κ3) is 5.47. The number of benzene rings is 2. The third-order valence-corrected chi connectivity index (χ3v) is 3.34. The van der Waals surface area contributed by atoms with E-state index in [1.54, 1.807) is 31.2 Å². The van der Waals surface area contributed by atoms with Crippen molar-refractivity contribution < 1.29 is 9.59 Å². The molecule has 0 saturated heterocycles. The van der Waals surface area contributed by atoms with Crippen molar-refractivity contribution in [2.75, 3.05) is 16.4 Å². The van der Waals surface area contributed by atoms with Gasteiger partial charge in [0.1, 0.15) is 0 Å². The maximum absolute atomic E-state index is 12.0. The van der Waals surface area contributed by atoms with Gasteiger partial charge in [0, 0.05) is 29.9 Å². The van der Waals surface area contributed by atoms with Crippen LogP contribution < -0.4 is 16.4 Å². The summed E-state index contributed by atoms with van der Waals surface area (Å²) >= 11 is 0. The lowest BCUT2D eigenvalue weighted by molar-refractivity contribution is -0.116. The normalized spacial score (nSPS) is 10.1. The Kier molecular flexibility index (Phi) is 5.74. The molecule has 23 heavy (non-hydrogen) atoms. The Balaban J connectivity index is 1.90. The monoisotopic (exact) mass is 311 g/mol. The van der Waals surface area contributed by atoms with Crippen LogP contribution in [0.25, 0.3) is 0 Å². The minimum Gasteiger partial charge on any atom is -0.399 e. The topological polar surface area (TPSA) is 84.2 Å². The molecular weight excluding hydrogens is 290 g/mol. The Bertz CT molecular complexity index is 698. The first-order valence-corrected chi connectivity index (χ1v) is 7.61. The van der Waals surface area contributed by atoms with E-state index in [1.807, 2.05) is 24.3 Å². The smallest absolute Gasteiger partial charge is 0.224 e. The zero-order chi connectivity index (χ0) is 16.7. The number of anilines is 3. The van der Waals surface area contributed by atoms with E-state index in [4.69, 9.17) is 5.73 Å². The van der Waals surface area contributed by atoms with Crippen molar-refractivity contribution in [1.82, 2.24) is 0 Å². The van der Waals surface area contributed by atoms with Crippen molar-refractivity contribution in [3.8, 4) is 0 Å². The molecule has 2 rings (SSSR count). The maximum atomic E-state index is 12.0. The second-order valence-corrected chi connectivity index (χ2v) is 5.28. The lowest BCUT2D eigenvalue weighted by atomic mass is 10.1. The molecule has 0 spiro atoms. The molecular formula is C18H21N3O2. The molecule has 0 aliphatic heterocycles. The van der Waals surface area contributed by atoms with Crippen LogP contribution in [-0.4, -0.2) is 11.8 Å². The van der Waals surface area contributed by atoms with Crippen molar-refractivity contribution in [1.29, 1.82) is 0 Å². The van der Waals surface area contributed by atoms with Gasteiger partial charge in [-0.15, -0.1) is 0 Å². The summed E-state index contributed by atoms with van der Waals surface area (Å²) in [6, 6.07) is 14.6. The fourth-order valence-electron chi connectivity index (χ4n) is 2.15. The number of amides is 2. The minimum absolute atomic E-state index is 0.0601. The van der Waals surface area contributed by atoms with Crippen molar-refractivity contribution in [3.05, 3.63) is 54.1 Å². The SMILES string of the molecule is CCC(=O)Nc1cccc(NC(=O)CCc2cccc(N)c2)c1. The molecule has 2 amide bonds. The van der Waals surface area contributed by atoms with Gasteiger partial charge < -0.3 is 16.4 Å². The predicted octanol–water partition coefficient (Wildman–Crippen LogP) is 3.19. The maximum Gasteiger partial charge on any atom is 0.224 e. The molecule has 0 heterocycles. The van der Waals surface area contributed by atoms with Gasteiger partial charge in [0.2, 0.25) is 11.8 Å². The van der Waals surface area contributed by atoms with Crippen LogP contribution in [0.3, 0.4) is 0 Å².